The van der Waals surface area contributed by atoms with Gasteiger partial charge in [-0.25, -0.2) is 9.79 Å². The highest BCUT2D eigenvalue weighted by molar-refractivity contribution is 8.13. The van der Waals surface area contributed by atoms with Crippen molar-refractivity contribution >= 4 is 34.3 Å². The van der Waals surface area contributed by atoms with Gasteiger partial charge in [-0.1, -0.05) is 11.8 Å². The number of nitrogens with one attached hydrogen (secondary N) is 1. The first-order chi connectivity index (χ1) is 8.99. The van der Waals surface area contributed by atoms with Crippen molar-refractivity contribution < 1.29 is 9.90 Å². The minimum absolute atomic E-state index is 0.170. The van der Waals surface area contributed by atoms with Gasteiger partial charge in [0.15, 0.2) is 11.4 Å². The molecule has 1 rings (SSSR count). The third-order valence-corrected chi connectivity index (χ3v) is 2.86. The highest BCUT2D eigenvalue weighted by Crippen LogP contribution is 2.25. The highest BCUT2D eigenvalue weighted by atomic mass is 32.2. The summed E-state index contributed by atoms with van der Waals surface area (Å²) in [6.07, 6.45) is 3.55. The van der Waals surface area contributed by atoms with Crippen molar-refractivity contribution in [1.82, 2.24) is 5.32 Å². The van der Waals surface area contributed by atoms with E-state index in [0.717, 1.165) is 0 Å². The summed E-state index contributed by atoms with van der Waals surface area (Å²) in [7, 11) is 3.55. The van der Waals surface area contributed by atoms with Crippen molar-refractivity contribution in [1.29, 1.82) is 5.26 Å². The fraction of sp³-hybridized carbons (Fsp3) is 0.250. The maximum atomic E-state index is 11.2. The third-order valence-electron chi connectivity index (χ3n) is 2.28. The van der Waals surface area contributed by atoms with Gasteiger partial charge in [0.05, 0.1) is 16.9 Å². The average molecular weight is 278 g/mol. The molecular formula is C12H14N4O2S. The van der Waals surface area contributed by atoms with Crippen molar-refractivity contribution in [2.24, 2.45) is 4.99 Å². The Kier molecular flexibility index (Phi) is 5.21. The van der Waals surface area contributed by atoms with Gasteiger partial charge in [0.1, 0.15) is 0 Å². The molecule has 2 N–H and O–H groups in total. The molecular weight excluding hydrogens is 264 g/mol. The van der Waals surface area contributed by atoms with E-state index in [-0.39, 0.29) is 5.56 Å². The van der Waals surface area contributed by atoms with Gasteiger partial charge in [0.2, 0.25) is 0 Å². The zero-order valence-corrected chi connectivity index (χ0v) is 11.7. The molecule has 0 saturated carbocycles. The Balaban J connectivity index is 3.23. The van der Waals surface area contributed by atoms with Crippen LogP contribution in [0, 0.1) is 11.5 Å². The summed E-state index contributed by atoms with van der Waals surface area (Å²) in [5.41, 5.74) is 1.25. The van der Waals surface area contributed by atoms with Crippen LogP contribution in [0.5, 0.6) is 0 Å². The van der Waals surface area contributed by atoms with Gasteiger partial charge >= 0.3 is 5.97 Å². The van der Waals surface area contributed by atoms with Crippen LogP contribution in [0.1, 0.15) is 10.4 Å². The highest BCUT2D eigenvalue weighted by Gasteiger charge is 2.12. The summed E-state index contributed by atoms with van der Waals surface area (Å²) >= 11 is 1.27. The molecule has 0 atom stereocenters. The molecule has 0 aromatic heterocycles. The molecule has 100 valence electrons. The molecule has 0 aliphatic carbocycles. The van der Waals surface area contributed by atoms with Crippen molar-refractivity contribution in [3.63, 3.8) is 0 Å². The van der Waals surface area contributed by atoms with E-state index in [1.165, 1.54) is 17.8 Å². The Bertz CT molecular complexity index is 549. The van der Waals surface area contributed by atoms with E-state index >= 15 is 0 Å². The van der Waals surface area contributed by atoms with E-state index in [2.05, 4.69) is 10.3 Å². The van der Waals surface area contributed by atoms with Crippen LogP contribution in [0.2, 0.25) is 0 Å². The summed E-state index contributed by atoms with van der Waals surface area (Å²) in [5, 5.41) is 20.6. The summed E-state index contributed by atoms with van der Waals surface area (Å²) in [6, 6.07) is 4.87. The standard InChI is InChI=1S/C12H14N4O2S/c1-16(2)10-5-4-8(6-9(10)11(17)18)15-12(19-3)14-7-13/h4-6H,1-3H3,(H,14,15)(H,17,18). The van der Waals surface area contributed by atoms with Crippen molar-refractivity contribution in [2.75, 3.05) is 25.3 Å². The molecule has 0 radical (unpaired) electrons. The van der Waals surface area contributed by atoms with Crippen molar-refractivity contribution in [3.8, 4) is 6.19 Å². The Hall–Kier alpha value is -2.20. The van der Waals surface area contributed by atoms with Crippen molar-refractivity contribution in [2.45, 2.75) is 0 Å². The lowest BCUT2D eigenvalue weighted by molar-refractivity contribution is 0.0697. The first kappa shape index (κ1) is 14.9. The molecule has 1 aromatic carbocycles. The van der Waals surface area contributed by atoms with E-state index in [1.54, 1.807) is 43.6 Å². The van der Waals surface area contributed by atoms with Crippen LogP contribution in [0.15, 0.2) is 23.2 Å². The smallest absolute Gasteiger partial charge is 0.337 e. The number of amidine groups is 1. The van der Waals surface area contributed by atoms with Crippen LogP contribution < -0.4 is 10.2 Å². The minimum Gasteiger partial charge on any atom is -0.478 e. The second-order valence-electron chi connectivity index (χ2n) is 3.76. The van der Waals surface area contributed by atoms with E-state index in [9.17, 15) is 9.90 Å². The molecule has 0 fully saturated rings. The predicted octanol–water partition coefficient (Wildman–Crippen LogP) is 1.87. The quantitative estimate of drug-likeness (QED) is 0.380. The number of carboxylic acid groups (broad SMARTS) is 1. The van der Waals surface area contributed by atoms with Crippen LogP contribution in [0.4, 0.5) is 11.4 Å². The number of nitrogens with zero attached hydrogens (tertiary/aromatic N) is 3. The maximum Gasteiger partial charge on any atom is 0.337 e. The molecule has 6 nitrogen and oxygen atoms in total. The van der Waals surface area contributed by atoms with Crippen LogP contribution >= 0.6 is 11.8 Å². The van der Waals surface area contributed by atoms with E-state index in [0.29, 0.717) is 16.5 Å². The number of carbonyl (C=O) groups is 1. The predicted molar refractivity (Wildman–Crippen MR) is 77.1 cm³/mol. The lowest BCUT2D eigenvalue weighted by Gasteiger charge is -2.15. The molecule has 0 aliphatic heterocycles. The van der Waals surface area contributed by atoms with Crippen LogP contribution in [-0.4, -0.2) is 36.6 Å². The Morgan fingerprint density at radius 3 is 2.68 bits per heavy atom. The molecule has 0 saturated heterocycles. The lowest BCUT2D eigenvalue weighted by atomic mass is 10.1. The van der Waals surface area contributed by atoms with Gasteiger partial charge in [-0.3, -0.25) is 5.32 Å². The van der Waals surface area contributed by atoms with Gasteiger partial charge in [-0.2, -0.15) is 5.26 Å². The minimum atomic E-state index is -1.01. The normalized spacial score (nSPS) is 10.7. The molecule has 1 aromatic rings. The fourth-order valence-electron chi connectivity index (χ4n) is 1.44. The van der Waals surface area contributed by atoms with Gasteiger partial charge in [0, 0.05) is 14.1 Å². The molecule has 0 aliphatic rings. The van der Waals surface area contributed by atoms with E-state index in [4.69, 9.17) is 5.26 Å². The van der Waals surface area contributed by atoms with Gasteiger partial charge < -0.3 is 10.0 Å². The number of aromatic carboxylic acids is 1. The molecule has 0 amide bonds. The van der Waals surface area contributed by atoms with E-state index in [1.807, 2.05) is 0 Å². The summed E-state index contributed by atoms with van der Waals surface area (Å²) < 4.78 is 0. The molecule has 0 heterocycles. The SMILES string of the molecule is CSC(=Nc1ccc(N(C)C)c(C(=O)O)c1)NC#N. The molecule has 0 bridgehead atoms. The van der Waals surface area contributed by atoms with Gasteiger partial charge in [0.25, 0.3) is 0 Å². The number of benzene rings is 1. The molecule has 0 unspecified atom stereocenters. The topological polar surface area (TPSA) is 88.7 Å². The molecule has 7 heteroatoms. The number of hydrogen-bond donors (Lipinski definition) is 2. The van der Waals surface area contributed by atoms with Crippen LogP contribution in [0.3, 0.4) is 0 Å². The number of hydrogen-bond acceptors (Lipinski definition) is 5. The third kappa shape index (κ3) is 3.89. The zero-order valence-electron chi connectivity index (χ0n) is 10.8. The first-order valence-corrected chi connectivity index (χ1v) is 6.54. The van der Waals surface area contributed by atoms with Crippen LogP contribution in [-0.2, 0) is 0 Å². The summed E-state index contributed by atoms with van der Waals surface area (Å²) in [6.45, 7) is 0. The average Bonchev–Trinajstić information content (AvgIpc) is 2.37. The Morgan fingerprint density at radius 2 is 2.21 bits per heavy atom. The number of rotatable bonds is 3. The Morgan fingerprint density at radius 1 is 1.53 bits per heavy atom. The summed E-state index contributed by atoms with van der Waals surface area (Å²) in [5.74, 6) is -1.01. The number of thioether (sulfide) groups is 1. The van der Waals surface area contributed by atoms with E-state index < -0.39 is 5.97 Å². The second-order valence-corrected chi connectivity index (χ2v) is 4.55. The summed E-state index contributed by atoms with van der Waals surface area (Å²) in [4.78, 5) is 17.1. The number of anilines is 1. The second kappa shape index (κ2) is 6.66. The Labute approximate surface area is 115 Å². The van der Waals surface area contributed by atoms with Crippen molar-refractivity contribution in [3.05, 3.63) is 23.8 Å². The van der Waals surface area contributed by atoms with Gasteiger partial charge in [-0.15, -0.1) is 0 Å². The van der Waals surface area contributed by atoms with Gasteiger partial charge in [-0.05, 0) is 24.5 Å². The molecule has 19 heavy (non-hydrogen) atoms. The maximum absolute atomic E-state index is 11.2. The number of aliphatic imine (C=N–C) groups is 1. The fourth-order valence-corrected chi connectivity index (χ4v) is 1.79. The monoisotopic (exact) mass is 278 g/mol. The zero-order chi connectivity index (χ0) is 14.4. The first-order valence-electron chi connectivity index (χ1n) is 5.32. The number of nitriles is 1. The molecule has 0 spiro atoms. The largest absolute Gasteiger partial charge is 0.478 e. The number of carboxylic acids is 1. The van der Waals surface area contributed by atoms with Crippen LogP contribution in [0.25, 0.3) is 0 Å². The lowest BCUT2D eigenvalue weighted by Crippen LogP contribution is -2.14.